The number of aromatic nitrogens is 2. The lowest BCUT2D eigenvalue weighted by molar-refractivity contribution is 0.100. The van der Waals surface area contributed by atoms with E-state index in [2.05, 4.69) is 14.7 Å². The van der Waals surface area contributed by atoms with Crippen LogP contribution in [0.15, 0.2) is 11.7 Å². The molecule has 2 aromatic heterocycles. The number of nitrogens with two attached hydrogens (primary N) is 2. The molecule has 0 aliphatic heterocycles. The first-order valence-corrected chi connectivity index (χ1v) is 6.00. The van der Waals surface area contributed by atoms with Crippen LogP contribution in [0.1, 0.15) is 15.2 Å². The molecule has 2 heterocycles. The van der Waals surface area contributed by atoms with E-state index in [4.69, 9.17) is 11.5 Å². The quantitative estimate of drug-likeness (QED) is 0.752. The van der Waals surface area contributed by atoms with E-state index in [1.165, 1.54) is 11.3 Å². The van der Waals surface area contributed by atoms with Gasteiger partial charge in [0.25, 0.3) is 5.91 Å². The second-order valence-corrected chi connectivity index (χ2v) is 4.70. The Morgan fingerprint density at radius 2 is 2.38 bits per heavy atom. The summed E-state index contributed by atoms with van der Waals surface area (Å²) in [6.45, 7) is 0.576. The first-order chi connectivity index (χ1) is 7.68. The molecule has 16 heavy (non-hydrogen) atoms. The van der Waals surface area contributed by atoms with Crippen molar-refractivity contribution in [1.29, 1.82) is 0 Å². The van der Waals surface area contributed by atoms with Gasteiger partial charge in [0.05, 0.1) is 12.1 Å². The van der Waals surface area contributed by atoms with Gasteiger partial charge in [0.2, 0.25) is 0 Å². The number of nitrogen functional groups attached to an aromatic ring is 1. The molecule has 0 atom stereocenters. The van der Waals surface area contributed by atoms with Gasteiger partial charge in [0.1, 0.15) is 10.6 Å². The third-order valence-electron chi connectivity index (χ3n) is 1.87. The van der Waals surface area contributed by atoms with Crippen molar-refractivity contribution in [1.82, 2.24) is 9.36 Å². The molecule has 0 saturated carbocycles. The van der Waals surface area contributed by atoms with Gasteiger partial charge in [-0.05, 0) is 11.5 Å². The molecule has 0 fully saturated rings. The van der Waals surface area contributed by atoms with Gasteiger partial charge in [0.15, 0.2) is 5.82 Å². The van der Waals surface area contributed by atoms with Gasteiger partial charge in [-0.25, -0.2) is 0 Å². The van der Waals surface area contributed by atoms with Crippen LogP contribution in [0.3, 0.4) is 0 Å². The average Bonchev–Trinajstić information content (AvgIpc) is 2.83. The van der Waals surface area contributed by atoms with E-state index in [1.54, 1.807) is 11.7 Å². The van der Waals surface area contributed by atoms with Crippen LogP contribution < -0.4 is 16.8 Å². The molecular formula is C8H9N5OS2. The molecule has 2 aromatic rings. The molecule has 6 nitrogen and oxygen atoms in total. The molecule has 1 amide bonds. The largest absolute Gasteiger partial charge is 0.382 e. The van der Waals surface area contributed by atoms with E-state index < -0.39 is 5.91 Å². The third kappa shape index (κ3) is 2.12. The molecule has 0 unspecified atom stereocenters. The van der Waals surface area contributed by atoms with Crippen molar-refractivity contribution in [2.24, 2.45) is 5.73 Å². The fourth-order valence-corrected chi connectivity index (χ4v) is 2.41. The summed E-state index contributed by atoms with van der Waals surface area (Å²) < 4.78 is 3.88. The highest BCUT2D eigenvalue weighted by molar-refractivity contribution is 7.11. The Morgan fingerprint density at radius 3 is 3.00 bits per heavy atom. The summed E-state index contributed by atoms with van der Waals surface area (Å²) >= 11 is 2.65. The minimum atomic E-state index is -0.571. The van der Waals surface area contributed by atoms with E-state index in [0.717, 1.165) is 16.4 Å². The molecule has 0 saturated heterocycles. The molecule has 2 rings (SSSR count). The number of nitrogens with one attached hydrogen (secondary N) is 1. The summed E-state index contributed by atoms with van der Waals surface area (Å²) in [4.78, 5) is 16.1. The molecule has 84 valence electrons. The number of carbonyl (C=O) groups excluding carboxylic acids is 1. The Hall–Kier alpha value is -1.67. The maximum Gasteiger partial charge on any atom is 0.255 e. The number of amides is 1. The van der Waals surface area contributed by atoms with E-state index in [0.29, 0.717) is 11.5 Å². The minimum absolute atomic E-state index is 0.171. The maximum atomic E-state index is 11.1. The molecule has 0 radical (unpaired) electrons. The van der Waals surface area contributed by atoms with Crippen molar-refractivity contribution in [3.63, 3.8) is 0 Å². The van der Waals surface area contributed by atoms with Crippen molar-refractivity contribution < 1.29 is 4.79 Å². The molecule has 0 spiro atoms. The lowest BCUT2D eigenvalue weighted by Gasteiger charge is -2.02. The number of hydrogen-bond donors (Lipinski definition) is 3. The SMILES string of the molecule is NC(=O)c1c(N)nsc1NCc1cncs1. The minimum Gasteiger partial charge on any atom is -0.382 e. The Morgan fingerprint density at radius 1 is 1.56 bits per heavy atom. The van der Waals surface area contributed by atoms with Crippen molar-refractivity contribution >= 4 is 39.6 Å². The predicted octanol–water partition coefficient (Wildman–Crippen LogP) is 0.893. The Labute approximate surface area is 99.5 Å². The van der Waals surface area contributed by atoms with Crippen LogP contribution in [-0.4, -0.2) is 15.3 Å². The van der Waals surface area contributed by atoms with Crippen LogP contribution >= 0.6 is 22.9 Å². The van der Waals surface area contributed by atoms with Crippen molar-refractivity contribution in [3.8, 4) is 0 Å². The van der Waals surface area contributed by atoms with Gasteiger partial charge in [-0.2, -0.15) is 4.37 Å². The highest BCUT2D eigenvalue weighted by atomic mass is 32.1. The molecule has 0 aliphatic rings. The summed E-state index contributed by atoms with van der Waals surface area (Å²) in [7, 11) is 0. The lowest BCUT2D eigenvalue weighted by Crippen LogP contribution is -2.14. The molecule has 5 N–H and O–H groups in total. The van der Waals surface area contributed by atoms with E-state index in [-0.39, 0.29) is 11.4 Å². The first-order valence-electron chi connectivity index (χ1n) is 4.34. The number of nitrogens with zero attached hydrogens (tertiary/aromatic N) is 2. The zero-order chi connectivity index (χ0) is 11.5. The Bertz CT molecular complexity index is 493. The summed E-state index contributed by atoms with van der Waals surface area (Å²) in [5.74, 6) is -0.401. The summed E-state index contributed by atoms with van der Waals surface area (Å²) in [5.41, 5.74) is 12.7. The Balaban J connectivity index is 2.13. The topological polar surface area (TPSA) is 107 Å². The maximum absolute atomic E-state index is 11.1. The van der Waals surface area contributed by atoms with Crippen molar-refractivity contribution in [2.75, 3.05) is 11.1 Å². The van der Waals surface area contributed by atoms with Crippen LogP contribution in [-0.2, 0) is 6.54 Å². The van der Waals surface area contributed by atoms with Gasteiger partial charge >= 0.3 is 0 Å². The predicted molar refractivity (Wildman–Crippen MR) is 64.5 cm³/mol. The summed E-state index contributed by atoms with van der Waals surface area (Å²) in [6, 6.07) is 0. The van der Waals surface area contributed by atoms with Crippen LogP contribution in [0.2, 0.25) is 0 Å². The van der Waals surface area contributed by atoms with E-state index in [1.807, 2.05) is 0 Å². The fraction of sp³-hybridized carbons (Fsp3) is 0.125. The number of anilines is 2. The number of carbonyl (C=O) groups is 1. The Kier molecular flexibility index (Phi) is 3.02. The molecule has 0 aliphatic carbocycles. The van der Waals surface area contributed by atoms with Crippen molar-refractivity contribution in [2.45, 2.75) is 6.54 Å². The second-order valence-electron chi connectivity index (χ2n) is 2.96. The summed E-state index contributed by atoms with van der Waals surface area (Å²) in [6.07, 6.45) is 1.76. The number of primary amides is 1. The van der Waals surface area contributed by atoms with Gasteiger partial charge in [-0.3, -0.25) is 9.78 Å². The fourth-order valence-electron chi connectivity index (χ4n) is 1.16. The lowest BCUT2D eigenvalue weighted by atomic mass is 10.3. The van der Waals surface area contributed by atoms with Crippen LogP contribution in [0.4, 0.5) is 10.8 Å². The number of hydrogen-bond acceptors (Lipinski definition) is 7. The van der Waals surface area contributed by atoms with Gasteiger partial charge < -0.3 is 16.8 Å². The monoisotopic (exact) mass is 255 g/mol. The van der Waals surface area contributed by atoms with Gasteiger partial charge in [-0.1, -0.05) is 0 Å². The molecule has 0 bridgehead atoms. The van der Waals surface area contributed by atoms with Crippen LogP contribution in [0.5, 0.6) is 0 Å². The molecular weight excluding hydrogens is 246 g/mol. The normalized spacial score (nSPS) is 10.2. The van der Waals surface area contributed by atoms with Crippen LogP contribution in [0.25, 0.3) is 0 Å². The third-order valence-corrected chi connectivity index (χ3v) is 3.47. The highest BCUT2D eigenvalue weighted by Gasteiger charge is 2.16. The number of rotatable bonds is 4. The smallest absolute Gasteiger partial charge is 0.255 e. The summed E-state index contributed by atoms with van der Waals surface area (Å²) in [5, 5.41) is 3.66. The van der Waals surface area contributed by atoms with Crippen molar-refractivity contribution in [3.05, 3.63) is 22.1 Å². The standard InChI is InChI=1S/C8H9N5OS2/c9-6-5(7(10)14)8(16-13-6)12-2-4-1-11-3-15-4/h1,3,12H,2H2,(H2,9,13)(H2,10,14). The zero-order valence-electron chi connectivity index (χ0n) is 8.14. The van der Waals surface area contributed by atoms with E-state index >= 15 is 0 Å². The van der Waals surface area contributed by atoms with Crippen LogP contribution in [0, 0.1) is 0 Å². The zero-order valence-corrected chi connectivity index (χ0v) is 9.77. The highest BCUT2D eigenvalue weighted by Crippen LogP contribution is 2.26. The number of thiazole rings is 1. The van der Waals surface area contributed by atoms with Gasteiger partial charge in [0, 0.05) is 11.1 Å². The van der Waals surface area contributed by atoms with Gasteiger partial charge in [-0.15, -0.1) is 11.3 Å². The average molecular weight is 255 g/mol. The first kappa shape index (κ1) is 10.8. The van der Waals surface area contributed by atoms with E-state index in [9.17, 15) is 4.79 Å². The molecule has 0 aromatic carbocycles. The second kappa shape index (κ2) is 4.45. The molecule has 8 heteroatoms.